The van der Waals surface area contributed by atoms with Gasteiger partial charge in [0, 0.05) is 12.8 Å². The average Bonchev–Trinajstić information content (AvgIpc) is 3.38. The summed E-state index contributed by atoms with van der Waals surface area (Å²) in [6.07, 6.45) is 97.9. The lowest BCUT2D eigenvalue weighted by atomic mass is 10.0. The molecule has 0 aliphatic heterocycles. The molecule has 0 heterocycles. The van der Waals surface area contributed by atoms with E-state index in [1.807, 2.05) is 21.1 Å². The van der Waals surface area contributed by atoms with Gasteiger partial charge in [0.25, 0.3) is 6.29 Å². The van der Waals surface area contributed by atoms with Gasteiger partial charge < -0.3 is 28.5 Å². The van der Waals surface area contributed by atoms with Crippen LogP contribution in [0.3, 0.4) is 0 Å². The van der Waals surface area contributed by atoms with Crippen LogP contribution in [0, 0.1) is 0 Å². The summed E-state index contributed by atoms with van der Waals surface area (Å²) in [7, 11) is 5.98. The van der Waals surface area contributed by atoms with Crippen molar-refractivity contribution in [3.63, 3.8) is 0 Å². The number of allylic oxidation sites excluding steroid dienone is 12. The fourth-order valence-electron chi connectivity index (χ4n) is 11.9. The largest absolute Gasteiger partial charge is 0.477 e. The van der Waals surface area contributed by atoms with E-state index in [9.17, 15) is 19.5 Å². The van der Waals surface area contributed by atoms with Gasteiger partial charge in [-0.25, -0.2) is 4.79 Å². The molecule has 0 aromatic carbocycles. The number of hydrogen-bond donors (Lipinski definition) is 1. The molecule has 0 aliphatic carbocycles. The van der Waals surface area contributed by atoms with Crippen molar-refractivity contribution < 1.29 is 42.9 Å². The fraction of sp³-hybridized carbons (Fsp3) is 0.821. The van der Waals surface area contributed by atoms with E-state index in [2.05, 4.69) is 86.8 Å². The SMILES string of the molecule is CC/C=C\C/C=C\C/C=C\C/C=C\C/C=C\C/C=C\CCCCCCCCCCC(=O)OC(COC(=O)CCCCCCCCCCCCCCCCCCCCCCCCCCCCCCCCCCCCCCCCCCC)COC(OCC[N+](C)(C)C)C(=O)O. The molecule has 0 rings (SSSR count). The van der Waals surface area contributed by atoms with Gasteiger partial charge in [-0.05, 0) is 64.2 Å². The molecule has 93 heavy (non-hydrogen) atoms. The van der Waals surface area contributed by atoms with E-state index in [1.54, 1.807) is 0 Å². The molecule has 0 aliphatic rings. The summed E-state index contributed by atoms with van der Waals surface area (Å²) in [5, 5.41) is 9.76. The number of esters is 2. The van der Waals surface area contributed by atoms with Crippen molar-refractivity contribution in [2.75, 3.05) is 47.5 Å². The van der Waals surface area contributed by atoms with Gasteiger partial charge in [0.15, 0.2) is 6.10 Å². The van der Waals surface area contributed by atoms with Crippen LogP contribution in [0.2, 0.25) is 0 Å². The van der Waals surface area contributed by atoms with Gasteiger partial charge in [0.05, 0.1) is 34.4 Å². The average molecular weight is 1310 g/mol. The van der Waals surface area contributed by atoms with Crippen LogP contribution in [0.1, 0.15) is 386 Å². The topological polar surface area (TPSA) is 108 Å². The van der Waals surface area contributed by atoms with Crippen molar-refractivity contribution in [1.29, 1.82) is 0 Å². The van der Waals surface area contributed by atoms with Gasteiger partial charge >= 0.3 is 17.9 Å². The quantitative estimate of drug-likeness (QED) is 0.0211. The minimum absolute atomic E-state index is 0.185. The first-order valence-electron chi connectivity index (χ1n) is 40.1. The lowest BCUT2D eigenvalue weighted by molar-refractivity contribution is -0.870. The van der Waals surface area contributed by atoms with Crippen molar-refractivity contribution in [2.24, 2.45) is 0 Å². The molecule has 0 bridgehead atoms. The molecule has 0 radical (unpaired) electrons. The Hall–Kier alpha value is -3.27. The predicted octanol–water partition coefficient (Wildman–Crippen LogP) is 25.6. The number of carbonyl (C=O) groups excluding carboxylic acids is 2. The molecule has 0 fully saturated rings. The molecule has 0 amide bonds. The third-order valence-corrected chi connectivity index (χ3v) is 18.0. The summed E-state index contributed by atoms with van der Waals surface area (Å²) in [5.41, 5.74) is 0. The van der Waals surface area contributed by atoms with Gasteiger partial charge in [-0.1, -0.05) is 382 Å². The molecule has 542 valence electrons. The van der Waals surface area contributed by atoms with Crippen LogP contribution in [-0.4, -0.2) is 87.4 Å². The smallest absolute Gasteiger partial charge is 0.361 e. The molecule has 1 N–H and O–H groups in total. The number of carbonyl (C=O) groups is 3. The molecule has 0 aromatic rings. The predicted molar refractivity (Wildman–Crippen MR) is 401 cm³/mol. The number of carboxylic acid groups (broad SMARTS) is 1. The molecule has 0 aromatic heterocycles. The first-order valence-corrected chi connectivity index (χ1v) is 40.1. The van der Waals surface area contributed by atoms with E-state index in [4.69, 9.17) is 18.9 Å². The van der Waals surface area contributed by atoms with Gasteiger partial charge in [-0.3, -0.25) is 9.59 Å². The van der Waals surface area contributed by atoms with Crippen LogP contribution in [0.25, 0.3) is 0 Å². The molecule has 9 nitrogen and oxygen atoms in total. The summed E-state index contributed by atoms with van der Waals surface area (Å²) in [5.74, 6) is -2.00. The van der Waals surface area contributed by atoms with E-state index < -0.39 is 24.3 Å². The number of aliphatic carboxylic acids is 1. The van der Waals surface area contributed by atoms with Crippen molar-refractivity contribution in [1.82, 2.24) is 0 Å². The van der Waals surface area contributed by atoms with Gasteiger partial charge in [-0.15, -0.1) is 0 Å². The Morgan fingerprint density at radius 2 is 0.613 bits per heavy atom. The highest BCUT2D eigenvalue weighted by Gasteiger charge is 2.25. The van der Waals surface area contributed by atoms with Crippen molar-refractivity contribution >= 4 is 17.9 Å². The number of carboxylic acids is 1. The maximum atomic E-state index is 13.0. The molecule has 0 spiro atoms. The van der Waals surface area contributed by atoms with E-state index >= 15 is 0 Å². The van der Waals surface area contributed by atoms with E-state index in [0.717, 1.165) is 83.5 Å². The zero-order valence-corrected chi connectivity index (χ0v) is 62.2. The standard InChI is InChI=1S/C84H153NO8/c1-6-8-10-12-14-16-18-20-22-24-26-28-30-32-34-35-36-37-38-39-40-41-42-43-44-45-46-47-49-50-52-54-56-58-60-62-64-66-68-70-72-74-81(86)91-78-80(79-92-84(83(88)89)90-77-76-85(3,4)5)93-82(87)75-73-71-69-67-65-63-61-59-57-55-53-51-48-33-31-29-27-25-23-21-19-17-15-13-11-9-7-2/h9,11,15,17,21,23,27,29,33,48,53,55,80,84H,6-8,10,12-14,16,18-20,22,24-26,28,30-32,34-47,49-52,54,56-79H2,1-5H3/p+1/b11-9-,17-15-,23-21-,29-27-,48-33-,55-53-. The number of unbranched alkanes of at least 4 members (excludes halogenated alkanes) is 48. The number of quaternary nitrogens is 1. The minimum Gasteiger partial charge on any atom is -0.477 e. The van der Waals surface area contributed by atoms with E-state index in [1.165, 1.54) is 270 Å². The Kier molecular flexibility index (Phi) is 71.9. The zero-order chi connectivity index (χ0) is 67.5. The maximum Gasteiger partial charge on any atom is 0.361 e. The number of ether oxygens (including phenoxy) is 4. The monoisotopic (exact) mass is 1310 g/mol. The molecular weight excluding hydrogens is 1150 g/mol. The Morgan fingerprint density at radius 1 is 0.333 bits per heavy atom. The lowest BCUT2D eigenvalue weighted by Crippen LogP contribution is -2.40. The zero-order valence-electron chi connectivity index (χ0n) is 62.2. The minimum atomic E-state index is -1.52. The summed E-state index contributed by atoms with van der Waals surface area (Å²) < 4.78 is 23.0. The normalized spacial score (nSPS) is 13.0. The third-order valence-electron chi connectivity index (χ3n) is 18.0. The summed E-state index contributed by atoms with van der Waals surface area (Å²) in [4.78, 5) is 37.7. The van der Waals surface area contributed by atoms with Crippen molar-refractivity contribution in [3.05, 3.63) is 72.9 Å². The molecule has 2 atom stereocenters. The lowest BCUT2D eigenvalue weighted by Gasteiger charge is -2.25. The molecule has 9 heteroatoms. The first kappa shape index (κ1) is 89.7. The second-order valence-corrected chi connectivity index (χ2v) is 28.4. The Labute approximate surface area is 577 Å². The van der Waals surface area contributed by atoms with Gasteiger partial charge in [-0.2, -0.15) is 0 Å². The van der Waals surface area contributed by atoms with Crippen LogP contribution in [-0.2, 0) is 33.3 Å². The Bertz CT molecular complexity index is 1760. The molecule has 2 unspecified atom stereocenters. The van der Waals surface area contributed by atoms with Crippen LogP contribution in [0.15, 0.2) is 72.9 Å². The van der Waals surface area contributed by atoms with Gasteiger partial charge in [0.2, 0.25) is 0 Å². The first-order chi connectivity index (χ1) is 45.6. The highest BCUT2D eigenvalue weighted by molar-refractivity contribution is 5.71. The molecular formula is C84H154NO8+. The molecule has 0 saturated heterocycles. The van der Waals surface area contributed by atoms with E-state index in [-0.39, 0.29) is 32.2 Å². The third kappa shape index (κ3) is 76.0. The number of rotatable bonds is 75. The maximum absolute atomic E-state index is 13.0. The fourth-order valence-corrected chi connectivity index (χ4v) is 11.9. The Morgan fingerprint density at radius 3 is 0.914 bits per heavy atom. The van der Waals surface area contributed by atoms with E-state index in [0.29, 0.717) is 23.9 Å². The summed E-state index contributed by atoms with van der Waals surface area (Å²) in [6.45, 7) is 4.81. The summed E-state index contributed by atoms with van der Waals surface area (Å²) in [6, 6.07) is 0. The number of nitrogens with zero attached hydrogens (tertiary/aromatic N) is 1. The Balaban J connectivity index is 3.96. The highest BCUT2D eigenvalue weighted by Crippen LogP contribution is 2.20. The van der Waals surface area contributed by atoms with Crippen LogP contribution >= 0.6 is 0 Å². The summed E-state index contributed by atoms with van der Waals surface area (Å²) >= 11 is 0. The number of likely N-dealkylation sites (N-methyl/N-ethyl adjacent to an activating group) is 1. The second-order valence-electron chi connectivity index (χ2n) is 28.4. The van der Waals surface area contributed by atoms with Crippen molar-refractivity contribution in [2.45, 2.75) is 399 Å². The van der Waals surface area contributed by atoms with Crippen LogP contribution in [0.4, 0.5) is 0 Å². The van der Waals surface area contributed by atoms with Crippen LogP contribution in [0.5, 0.6) is 0 Å². The van der Waals surface area contributed by atoms with Crippen molar-refractivity contribution in [3.8, 4) is 0 Å². The van der Waals surface area contributed by atoms with Crippen LogP contribution < -0.4 is 0 Å². The molecule has 0 saturated carbocycles. The van der Waals surface area contributed by atoms with Gasteiger partial charge in [0.1, 0.15) is 13.2 Å². The number of hydrogen-bond acceptors (Lipinski definition) is 7. The highest BCUT2D eigenvalue weighted by atomic mass is 16.7. The second kappa shape index (κ2) is 74.5.